The highest BCUT2D eigenvalue weighted by molar-refractivity contribution is 7.92. The largest absolute Gasteiger partial charge is 0.465 e. The zero-order valence-electron chi connectivity index (χ0n) is 17.0. The van der Waals surface area contributed by atoms with Crippen molar-refractivity contribution in [2.45, 2.75) is 24.8 Å². The Labute approximate surface area is 185 Å². The highest BCUT2D eigenvalue weighted by Gasteiger charge is 2.40. The van der Waals surface area contributed by atoms with Crippen LogP contribution < -0.4 is 14.8 Å². The van der Waals surface area contributed by atoms with Crippen LogP contribution in [-0.2, 0) is 15.6 Å². The predicted octanol–water partition coefficient (Wildman–Crippen LogP) is 4.15. The Balaban J connectivity index is 1.59. The van der Waals surface area contributed by atoms with Crippen LogP contribution in [0.25, 0.3) is 22.4 Å². The number of ether oxygens (including phenoxy) is 1. The molecule has 0 bridgehead atoms. The minimum Gasteiger partial charge on any atom is -0.465 e. The van der Waals surface area contributed by atoms with E-state index in [-0.39, 0.29) is 5.88 Å². The smallest absolute Gasteiger partial charge is 0.405 e. The third-order valence-electron chi connectivity index (χ3n) is 5.95. The van der Waals surface area contributed by atoms with Crippen LogP contribution in [0.15, 0.2) is 60.7 Å². The molecule has 0 spiro atoms. The molecule has 0 unspecified atom stereocenters. The van der Waals surface area contributed by atoms with Crippen LogP contribution in [0.2, 0.25) is 0 Å². The topological polar surface area (TPSA) is 118 Å². The standard InChI is InChI=1S/C23H21N3O5S/c27-22(28)25-23(11-4-12-23)17-9-7-16(8-10-17)20-18(15-5-2-1-3-6-15)13-19-21(24-20)31-14-32(29,30)26-19/h1-3,5-10,13,25-26H,4,11-12,14H2,(H,27,28). The van der Waals surface area contributed by atoms with Gasteiger partial charge in [0, 0.05) is 11.1 Å². The maximum Gasteiger partial charge on any atom is 0.405 e. The number of sulfonamides is 1. The SMILES string of the molecule is O=C(O)NC1(c2ccc(-c3nc4c(cc3-c3ccccc3)NS(=O)(=O)CO4)cc2)CCC1. The van der Waals surface area contributed by atoms with Gasteiger partial charge in [0.2, 0.25) is 11.8 Å². The molecule has 9 heteroatoms. The number of amides is 1. The molecule has 1 aliphatic heterocycles. The zero-order valence-corrected chi connectivity index (χ0v) is 17.9. The van der Waals surface area contributed by atoms with Crippen LogP contribution in [0, 0.1) is 0 Å². The lowest BCUT2D eigenvalue weighted by atomic mass is 9.71. The van der Waals surface area contributed by atoms with Crippen molar-refractivity contribution < 1.29 is 23.1 Å². The van der Waals surface area contributed by atoms with Crippen LogP contribution >= 0.6 is 0 Å². The number of pyridine rings is 1. The van der Waals surface area contributed by atoms with Gasteiger partial charge in [-0.15, -0.1) is 0 Å². The summed E-state index contributed by atoms with van der Waals surface area (Å²) < 4.78 is 31.8. The van der Waals surface area contributed by atoms with E-state index in [0.29, 0.717) is 11.4 Å². The minimum atomic E-state index is -3.57. The van der Waals surface area contributed by atoms with Gasteiger partial charge in [0.1, 0.15) is 5.69 Å². The first kappa shape index (κ1) is 20.3. The quantitative estimate of drug-likeness (QED) is 0.548. The molecule has 1 aliphatic carbocycles. The van der Waals surface area contributed by atoms with E-state index < -0.39 is 27.6 Å². The zero-order chi connectivity index (χ0) is 22.3. The average molecular weight is 452 g/mol. The van der Waals surface area contributed by atoms with Crippen molar-refractivity contribution in [2.24, 2.45) is 0 Å². The van der Waals surface area contributed by atoms with E-state index in [1.807, 2.05) is 54.6 Å². The summed E-state index contributed by atoms with van der Waals surface area (Å²) >= 11 is 0. The molecule has 32 heavy (non-hydrogen) atoms. The molecular weight excluding hydrogens is 430 g/mol. The molecule has 2 aliphatic rings. The van der Waals surface area contributed by atoms with Gasteiger partial charge in [-0.25, -0.2) is 18.2 Å². The lowest BCUT2D eigenvalue weighted by Crippen LogP contribution is -2.50. The maximum absolute atomic E-state index is 11.9. The number of nitrogens with zero attached hydrogens (tertiary/aromatic N) is 1. The Kier molecular flexibility index (Phi) is 4.78. The molecule has 2 aromatic carbocycles. The van der Waals surface area contributed by atoms with Crippen molar-refractivity contribution in [3.63, 3.8) is 0 Å². The van der Waals surface area contributed by atoms with Crippen LogP contribution in [-0.4, -0.2) is 30.5 Å². The van der Waals surface area contributed by atoms with Gasteiger partial charge in [-0.05, 0) is 36.5 Å². The fraction of sp³-hybridized carbons (Fsp3) is 0.217. The second-order valence-electron chi connectivity index (χ2n) is 8.03. The summed E-state index contributed by atoms with van der Waals surface area (Å²) in [6.07, 6.45) is 1.47. The van der Waals surface area contributed by atoms with E-state index >= 15 is 0 Å². The third kappa shape index (κ3) is 3.64. The van der Waals surface area contributed by atoms with Crippen LogP contribution in [0.4, 0.5) is 10.5 Å². The first-order valence-corrected chi connectivity index (χ1v) is 11.9. The highest BCUT2D eigenvalue weighted by atomic mass is 32.2. The van der Waals surface area contributed by atoms with Gasteiger partial charge >= 0.3 is 6.09 Å². The first-order chi connectivity index (χ1) is 15.4. The molecular formula is C23H21N3O5S. The number of anilines is 1. The van der Waals surface area contributed by atoms with Crippen LogP contribution in [0.1, 0.15) is 24.8 Å². The molecule has 3 N–H and O–H groups in total. The number of benzene rings is 2. The number of fused-ring (bicyclic) bond motifs is 1. The molecule has 1 amide bonds. The predicted molar refractivity (Wildman–Crippen MR) is 120 cm³/mol. The second kappa shape index (κ2) is 7.52. The van der Waals surface area contributed by atoms with Crippen molar-refractivity contribution in [2.75, 3.05) is 10.7 Å². The Morgan fingerprint density at radius 3 is 2.41 bits per heavy atom. The lowest BCUT2D eigenvalue weighted by molar-refractivity contribution is 0.144. The molecule has 1 aromatic heterocycles. The van der Waals surface area contributed by atoms with Gasteiger partial charge in [-0.1, -0.05) is 54.6 Å². The number of nitrogens with one attached hydrogen (secondary N) is 2. The van der Waals surface area contributed by atoms with E-state index in [0.717, 1.165) is 41.5 Å². The summed E-state index contributed by atoms with van der Waals surface area (Å²) in [4.78, 5) is 15.9. The molecule has 2 heterocycles. The summed E-state index contributed by atoms with van der Waals surface area (Å²) in [7, 11) is -3.57. The lowest BCUT2D eigenvalue weighted by Gasteiger charge is -2.42. The van der Waals surface area contributed by atoms with Gasteiger partial charge in [0.05, 0.1) is 11.2 Å². The fourth-order valence-corrected chi connectivity index (χ4v) is 5.04. The number of aromatic nitrogens is 1. The van der Waals surface area contributed by atoms with E-state index in [2.05, 4.69) is 15.0 Å². The van der Waals surface area contributed by atoms with Crippen molar-refractivity contribution in [3.05, 3.63) is 66.2 Å². The molecule has 0 radical (unpaired) electrons. The fourth-order valence-electron chi connectivity index (χ4n) is 4.24. The average Bonchev–Trinajstić information content (AvgIpc) is 2.75. The Morgan fingerprint density at radius 2 is 1.78 bits per heavy atom. The van der Waals surface area contributed by atoms with E-state index in [1.165, 1.54) is 0 Å². The number of carboxylic acid groups (broad SMARTS) is 1. The molecule has 1 saturated carbocycles. The van der Waals surface area contributed by atoms with Gasteiger partial charge < -0.3 is 15.2 Å². The molecule has 8 nitrogen and oxygen atoms in total. The molecule has 0 atom stereocenters. The minimum absolute atomic E-state index is 0.224. The highest BCUT2D eigenvalue weighted by Crippen LogP contribution is 2.43. The van der Waals surface area contributed by atoms with E-state index in [4.69, 9.17) is 4.74 Å². The Hall–Kier alpha value is -3.59. The van der Waals surface area contributed by atoms with E-state index in [1.54, 1.807) is 6.07 Å². The van der Waals surface area contributed by atoms with Crippen LogP contribution in [0.5, 0.6) is 5.88 Å². The summed E-state index contributed by atoms with van der Waals surface area (Å²) in [6.45, 7) is 0. The summed E-state index contributed by atoms with van der Waals surface area (Å²) in [5, 5.41) is 11.9. The van der Waals surface area contributed by atoms with Gasteiger partial charge in [-0.2, -0.15) is 0 Å². The molecule has 5 rings (SSSR count). The van der Waals surface area contributed by atoms with Gasteiger partial charge in [0.15, 0.2) is 0 Å². The van der Waals surface area contributed by atoms with Crippen molar-refractivity contribution in [1.29, 1.82) is 0 Å². The number of hydrogen-bond donors (Lipinski definition) is 3. The third-order valence-corrected chi connectivity index (χ3v) is 6.91. The second-order valence-corrected chi connectivity index (χ2v) is 9.69. The van der Waals surface area contributed by atoms with Gasteiger partial charge in [-0.3, -0.25) is 4.72 Å². The number of rotatable bonds is 4. The molecule has 164 valence electrons. The number of carbonyl (C=O) groups is 1. The molecule has 1 fully saturated rings. The summed E-state index contributed by atoms with van der Waals surface area (Å²) in [6, 6.07) is 19.0. The van der Waals surface area contributed by atoms with E-state index in [9.17, 15) is 18.3 Å². The first-order valence-electron chi connectivity index (χ1n) is 10.2. The van der Waals surface area contributed by atoms with Crippen molar-refractivity contribution in [1.82, 2.24) is 10.3 Å². The number of hydrogen-bond acceptors (Lipinski definition) is 5. The molecule has 0 saturated heterocycles. The van der Waals surface area contributed by atoms with Gasteiger partial charge in [0.25, 0.3) is 10.0 Å². The van der Waals surface area contributed by atoms with Crippen LogP contribution in [0.3, 0.4) is 0 Å². The summed E-state index contributed by atoms with van der Waals surface area (Å²) in [5.41, 5.74) is 3.78. The normalized spacial score (nSPS) is 17.8. The Morgan fingerprint density at radius 1 is 1.06 bits per heavy atom. The maximum atomic E-state index is 11.9. The van der Waals surface area contributed by atoms with Crippen molar-refractivity contribution >= 4 is 21.8 Å². The monoisotopic (exact) mass is 451 g/mol. The Bertz CT molecular complexity index is 1290. The molecule has 3 aromatic rings. The summed E-state index contributed by atoms with van der Waals surface area (Å²) in [5.74, 6) is -0.263. The van der Waals surface area contributed by atoms with Crippen molar-refractivity contribution in [3.8, 4) is 28.3 Å².